The van der Waals surface area contributed by atoms with E-state index < -0.39 is 5.97 Å². The molecule has 29 heavy (non-hydrogen) atoms. The zero-order valence-corrected chi connectivity index (χ0v) is 15.9. The van der Waals surface area contributed by atoms with Gasteiger partial charge in [0.05, 0.1) is 24.6 Å². The quantitative estimate of drug-likeness (QED) is 0.625. The molecule has 1 aliphatic rings. The monoisotopic (exact) mass is 391 g/mol. The molecule has 3 aromatic rings. The maximum atomic E-state index is 12.8. The number of benzene rings is 2. The van der Waals surface area contributed by atoms with Crippen LogP contribution < -0.4 is 0 Å². The van der Waals surface area contributed by atoms with Crippen LogP contribution in [0.5, 0.6) is 0 Å². The summed E-state index contributed by atoms with van der Waals surface area (Å²) in [7, 11) is 0. The SMILES string of the molecule is O=C(OCC(=O)N1CCOCC1)c1cc(-c2ccccc2)nn1-c1ccccc1. The summed E-state index contributed by atoms with van der Waals surface area (Å²) < 4.78 is 12.1. The molecule has 4 rings (SSSR count). The Balaban J connectivity index is 1.57. The summed E-state index contributed by atoms with van der Waals surface area (Å²) in [6, 6.07) is 20.6. The molecule has 148 valence electrons. The van der Waals surface area contributed by atoms with Gasteiger partial charge in [-0.1, -0.05) is 48.5 Å². The second-order valence-electron chi connectivity index (χ2n) is 6.60. The Labute approximate surface area is 168 Å². The van der Waals surface area contributed by atoms with Crippen LogP contribution in [0.4, 0.5) is 0 Å². The van der Waals surface area contributed by atoms with Crippen molar-refractivity contribution in [2.45, 2.75) is 0 Å². The number of nitrogens with zero attached hydrogens (tertiary/aromatic N) is 3. The molecule has 0 spiro atoms. The van der Waals surface area contributed by atoms with E-state index in [2.05, 4.69) is 5.10 Å². The van der Waals surface area contributed by atoms with Gasteiger partial charge in [0, 0.05) is 18.7 Å². The van der Waals surface area contributed by atoms with Crippen molar-refractivity contribution in [1.82, 2.24) is 14.7 Å². The average molecular weight is 391 g/mol. The Morgan fingerprint density at radius 1 is 0.966 bits per heavy atom. The highest BCUT2D eigenvalue weighted by molar-refractivity contribution is 5.91. The summed E-state index contributed by atoms with van der Waals surface area (Å²) in [5.74, 6) is -0.819. The Bertz CT molecular complexity index is 980. The lowest BCUT2D eigenvalue weighted by atomic mass is 10.1. The van der Waals surface area contributed by atoms with E-state index in [0.29, 0.717) is 32.0 Å². The molecule has 1 amide bonds. The third-order valence-electron chi connectivity index (χ3n) is 4.68. The highest BCUT2D eigenvalue weighted by atomic mass is 16.5. The van der Waals surface area contributed by atoms with Crippen LogP contribution in [0.1, 0.15) is 10.5 Å². The molecule has 0 radical (unpaired) electrons. The molecule has 0 unspecified atom stereocenters. The van der Waals surface area contributed by atoms with Gasteiger partial charge in [0.25, 0.3) is 5.91 Å². The normalized spacial score (nSPS) is 13.9. The molecular formula is C22H21N3O4. The first-order valence-corrected chi connectivity index (χ1v) is 9.46. The number of hydrogen-bond acceptors (Lipinski definition) is 5. The second-order valence-corrected chi connectivity index (χ2v) is 6.60. The van der Waals surface area contributed by atoms with Crippen LogP contribution in [0.2, 0.25) is 0 Å². The zero-order valence-electron chi connectivity index (χ0n) is 15.9. The number of carbonyl (C=O) groups excluding carboxylic acids is 2. The fourth-order valence-electron chi connectivity index (χ4n) is 3.15. The number of para-hydroxylation sites is 1. The highest BCUT2D eigenvalue weighted by Crippen LogP contribution is 2.22. The smallest absolute Gasteiger partial charge is 0.357 e. The first kappa shape index (κ1) is 18.9. The van der Waals surface area contributed by atoms with Crippen LogP contribution >= 0.6 is 0 Å². The third-order valence-corrected chi connectivity index (χ3v) is 4.68. The summed E-state index contributed by atoms with van der Waals surface area (Å²) in [6.45, 7) is 1.72. The third kappa shape index (κ3) is 4.35. The van der Waals surface area contributed by atoms with Crippen LogP contribution in [0.25, 0.3) is 16.9 Å². The minimum Gasteiger partial charge on any atom is -0.451 e. The van der Waals surface area contributed by atoms with Gasteiger partial charge in [-0.2, -0.15) is 5.10 Å². The Morgan fingerprint density at radius 3 is 2.31 bits per heavy atom. The van der Waals surface area contributed by atoms with Gasteiger partial charge in [-0.15, -0.1) is 0 Å². The number of rotatable bonds is 5. The van der Waals surface area contributed by atoms with Gasteiger partial charge < -0.3 is 14.4 Å². The topological polar surface area (TPSA) is 73.7 Å². The molecule has 2 heterocycles. The molecule has 1 aliphatic heterocycles. The minimum atomic E-state index is -0.592. The Kier molecular flexibility index (Phi) is 5.67. The fraction of sp³-hybridized carbons (Fsp3) is 0.227. The number of amides is 1. The van der Waals surface area contributed by atoms with Crippen molar-refractivity contribution in [2.24, 2.45) is 0 Å². The predicted octanol–water partition coefficient (Wildman–Crippen LogP) is 2.55. The van der Waals surface area contributed by atoms with E-state index in [1.165, 1.54) is 0 Å². The summed E-state index contributed by atoms with van der Waals surface area (Å²) in [4.78, 5) is 26.7. The van der Waals surface area contributed by atoms with E-state index in [4.69, 9.17) is 9.47 Å². The second kappa shape index (κ2) is 8.70. The van der Waals surface area contributed by atoms with E-state index in [9.17, 15) is 9.59 Å². The molecule has 1 aromatic heterocycles. The lowest BCUT2D eigenvalue weighted by Gasteiger charge is -2.26. The molecule has 7 nitrogen and oxygen atoms in total. The summed E-state index contributed by atoms with van der Waals surface area (Å²) in [5, 5.41) is 4.59. The fourth-order valence-corrected chi connectivity index (χ4v) is 3.15. The van der Waals surface area contributed by atoms with Crippen molar-refractivity contribution in [3.05, 3.63) is 72.4 Å². The van der Waals surface area contributed by atoms with Gasteiger partial charge in [0.15, 0.2) is 12.3 Å². The van der Waals surface area contributed by atoms with E-state index in [1.807, 2.05) is 60.7 Å². The maximum Gasteiger partial charge on any atom is 0.357 e. The Morgan fingerprint density at radius 2 is 1.62 bits per heavy atom. The largest absolute Gasteiger partial charge is 0.451 e. The lowest BCUT2D eigenvalue weighted by Crippen LogP contribution is -2.42. The Hall–Kier alpha value is -3.45. The lowest BCUT2D eigenvalue weighted by molar-refractivity contribution is -0.138. The van der Waals surface area contributed by atoms with E-state index in [0.717, 1.165) is 11.3 Å². The maximum absolute atomic E-state index is 12.8. The van der Waals surface area contributed by atoms with E-state index in [-0.39, 0.29) is 18.2 Å². The molecule has 1 saturated heterocycles. The van der Waals surface area contributed by atoms with Crippen LogP contribution in [-0.2, 0) is 14.3 Å². The highest BCUT2D eigenvalue weighted by Gasteiger charge is 2.22. The van der Waals surface area contributed by atoms with Crippen LogP contribution in [0.3, 0.4) is 0 Å². The molecule has 1 fully saturated rings. The number of aromatic nitrogens is 2. The van der Waals surface area contributed by atoms with Crippen molar-refractivity contribution in [2.75, 3.05) is 32.9 Å². The van der Waals surface area contributed by atoms with Crippen molar-refractivity contribution in [1.29, 1.82) is 0 Å². The molecule has 0 atom stereocenters. The van der Waals surface area contributed by atoms with Gasteiger partial charge >= 0.3 is 5.97 Å². The minimum absolute atomic E-state index is 0.226. The molecular weight excluding hydrogens is 370 g/mol. The van der Waals surface area contributed by atoms with Gasteiger partial charge in [-0.3, -0.25) is 4.79 Å². The molecule has 0 saturated carbocycles. The van der Waals surface area contributed by atoms with Gasteiger partial charge in [-0.25, -0.2) is 9.48 Å². The summed E-state index contributed by atoms with van der Waals surface area (Å²) in [6.07, 6.45) is 0. The number of morpholine rings is 1. The van der Waals surface area contributed by atoms with E-state index in [1.54, 1.807) is 15.6 Å². The van der Waals surface area contributed by atoms with Crippen LogP contribution in [-0.4, -0.2) is 59.5 Å². The van der Waals surface area contributed by atoms with Gasteiger partial charge in [0.2, 0.25) is 0 Å². The number of hydrogen-bond donors (Lipinski definition) is 0. The molecule has 2 aromatic carbocycles. The van der Waals surface area contributed by atoms with Crippen molar-refractivity contribution in [3.63, 3.8) is 0 Å². The first-order chi connectivity index (χ1) is 14.2. The standard InChI is InChI=1S/C22H21N3O4/c26-21(24-11-13-28-14-12-24)16-29-22(27)20-15-19(17-7-3-1-4-8-17)23-25(20)18-9-5-2-6-10-18/h1-10,15H,11-14,16H2. The van der Waals surface area contributed by atoms with Crippen LogP contribution in [0.15, 0.2) is 66.7 Å². The van der Waals surface area contributed by atoms with E-state index >= 15 is 0 Å². The van der Waals surface area contributed by atoms with Crippen molar-refractivity contribution < 1.29 is 19.1 Å². The zero-order chi connectivity index (χ0) is 20.1. The summed E-state index contributed by atoms with van der Waals surface area (Å²) >= 11 is 0. The summed E-state index contributed by atoms with van der Waals surface area (Å²) in [5.41, 5.74) is 2.55. The van der Waals surface area contributed by atoms with Crippen molar-refractivity contribution in [3.8, 4) is 16.9 Å². The number of ether oxygens (including phenoxy) is 2. The predicted molar refractivity (Wildman–Crippen MR) is 107 cm³/mol. The first-order valence-electron chi connectivity index (χ1n) is 9.46. The van der Waals surface area contributed by atoms with Crippen LogP contribution in [0, 0.1) is 0 Å². The van der Waals surface area contributed by atoms with Crippen molar-refractivity contribution >= 4 is 11.9 Å². The van der Waals surface area contributed by atoms with Gasteiger partial charge in [0.1, 0.15) is 0 Å². The number of esters is 1. The molecule has 0 bridgehead atoms. The number of carbonyl (C=O) groups is 2. The average Bonchev–Trinajstić information content (AvgIpc) is 3.25. The van der Waals surface area contributed by atoms with Gasteiger partial charge in [-0.05, 0) is 18.2 Å². The molecule has 0 N–H and O–H groups in total. The molecule has 7 heteroatoms. The molecule has 0 aliphatic carbocycles.